The van der Waals surface area contributed by atoms with Gasteiger partial charge in [-0.25, -0.2) is 0 Å². The molecule has 1 amide bonds. The van der Waals surface area contributed by atoms with Gasteiger partial charge in [0.15, 0.2) is 0 Å². The van der Waals surface area contributed by atoms with Crippen molar-refractivity contribution in [2.75, 3.05) is 0 Å². The number of aromatic nitrogens is 1. The van der Waals surface area contributed by atoms with Gasteiger partial charge < -0.3 is 10.3 Å². The zero-order valence-corrected chi connectivity index (χ0v) is 7.43. The third-order valence-electron chi connectivity index (χ3n) is 1.84. The predicted molar refractivity (Wildman–Crippen MR) is 43.6 cm³/mol. The summed E-state index contributed by atoms with van der Waals surface area (Å²) in [7, 11) is 0. The molecule has 1 aromatic heterocycles. The summed E-state index contributed by atoms with van der Waals surface area (Å²) in [4.78, 5) is 10.8. The van der Waals surface area contributed by atoms with Gasteiger partial charge in [-0.3, -0.25) is 4.79 Å². The lowest BCUT2D eigenvalue weighted by Crippen LogP contribution is -2.20. The molecular formula is C8H9F3N2O. The molecule has 6 heteroatoms. The molecule has 0 unspecified atom stereocenters. The van der Waals surface area contributed by atoms with E-state index >= 15 is 0 Å². The van der Waals surface area contributed by atoms with Gasteiger partial charge in [-0.2, -0.15) is 13.2 Å². The first-order valence-electron chi connectivity index (χ1n) is 3.94. The van der Waals surface area contributed by atoms with Crippen molar-refractivity contribution in [3.05, 3.63) is 23.5 Å². The Morgan fingerprint density at radius 2 is 2.07 bits per heavy atom. The third-order valence-corrected chi connectivity index (χ3v) is 1.84. The van der Waals surface area contributed by atoms with E-state index in [-0.39, 0.29) is 12.2 Å². The van der Waals surface area contributed by atoms with Gasteiger partial charge in [0.25, 0.3) is 5.91 Å². The van der Waals surface area contributed by atoms with E-state index in [1.54, 1.807) is 0 Å². The van der Waals surface area contributed by atoms with Crippen molar-refractivity contribution in [2.24, 2.45) is 5.73 Å². The van der Waals surface area contributed by atoms with Crippen molar-refractivity contribution in [1.29, 1.82) is 0 Å². The lowest BCUT2D eigenvalue weighted by Gasteiger charge is -2.11. The minimum absolute atomic E-state index is 0.0557. The Hall–Kier alpha value is -1.46. The van der Waals surface area contributed by atoms with Gasteiger partial charge in [-0.05, 0) is 19.1 Å². The molecule has 0 spiro atoms. The normalized spacial score (nSPS) is 11.7. The summed E-state index contributed by atoms with van der Waals surface area (Å²) >= 11 is 0. The average molecular weight is 206 g/mol. The fourth-order valence-electron chi connectivity index (χ4n) is 1.27. The lowest BCUT2D eigenvalue weighted by molar-refractivity contribution is -0.143. The maximum absolute atomic E-state index is 12.3. The summed E-state index contributed by atoms with van der Waals surface area (Å²) in [6.07, 6.45) is -4.45. The van der Waals surface area contributed by atoms with Crippen molar-refractivity contribution >= 4 is 5.91 Å². The highest BCUT2D eigenvalue weighted by Gasteiger charge is 2.35. The second kappa shape index (κ2) is 3.36. The van der Waals surface area contributed by atoms with Gasteiger partial charge in [0.05, 0.1) is 0 Å². The second-order valence-corrected chi connectivity index (χ2v) is 2.71. The van der Waals surface area contributed by atoms with Crippen molar-refractivity contribution in [3.63, 3.8) is 0 Å². The zero-order valence-electron chi connectivity index (χ0n) is 7.43. The quantitative estimate of drug-likeness (QED) is 0.785. The highest BCUT2D eigenvalue weighted by atomic mass is 19.4. The number of hydrogen-bond acceptors (Lipinski definition) is 1. The molecule has 78 valence electrons. The molecule has 0 fully saturated rings. The molecular weight excluding hydrogens is 197 g/mol. The Labute approximate surface area is 78.3 Å². The Morgan fingerprint density at radius 1 is 1.50 bits per heavy atom. The monoisotopic (exact) mass is 206 g/mol. The first-order valence-corrected chi connectivity index (χ1v) is 3.94. The molecule has 1 rings (SSSR count). The van der Waals surface area contributed by atoms with E-state index in [0.717, 1.165) is 16.7 Å². The minimum atomic E-state index is -4.45. The summed E-state index contributed by atoms with van der Waals surface area (Å²) < 4.78 is 37.9. The number of nitrogens with zero attached hydrogens (tertiary/aromatic N) is 1. The van der Waals surface area contributed by atoms with Crippen LogP contribution in [0.2, 0.25) is 0 Å². The Bertz CT molecular complexity index is 354. The fraction of sp³-hybridized carbons (Fsp3) is 0.375. The van der Waals surface area contributed by atoms with E-state index in [1.807, 2.05) is 0 Å². The SMILES string of the molecule is CCn1c(C(N)=O)ccc1C(F)(F)F. The lowest BCUT2D eigenvalue weighted by atomic mass is 10.4. The molecule has 0 radical (unpaired) electrons. The molecule has 0 bridgehead atoms. The Balaban J connectivity index is 3.28. The summed E-state index contributed by atoms with van der Waals surface area (Å²) in [5.41, 5.74) is 3.94. The van der Waals surface area contributed by atoms with Crippen LogP contribution in [-0.4, -0.2) is 10.5 Å². The summed E-state index contributed by atoms with van der Waals surface area (Å²) in [5, 5.41) is 0. The number of hydrogen-bond donors (Lipinski definition) is 1. The second-order valence-electron chi connectivity index (χ2n) is 2.71. The number of nitrogens with two attached hydrogens (primary N) is 1. The van der Waals surface area contributed by atoms with Crippen LogP contribution in [0.15, 0.2) is 12.1 Å². The largest absolute Gasteiger partial charge is 0.431 e. The smallest absolute Gasteiger partial charge is 0.364 e. The molecule has 14 heavy (non-hydrogen) atoms. The predicted octanol–water partition coefficient (Wildman–Crippen LogP) is 1.63. The number of alkyl halides is 3. The van der Waals surface area contributed by atoms with Gasteiger partial charge >= 0.3 is 6.18 Å². The van der Waals surface area contributed by atoms with Crippen molar-refractivity contribution in [2.45, 2.75) is 19.6 Å². The summed E-state index contributed by atoms with van der Waals surface area (Å²) in [5.74, 6) is -0.859. The molecule has 0 aliphatic heterocycles. The summed E-state index contributed by atoms with van der Waals surface area (Å²) in [6.45, 7) is 1.57. The molecule has 2 N–H and O–H groups in total. The molecule has 0 saturated carbocycles. The van der Waals surface area contributed by atoms with Crippen LogP contribution in [0.25, 0.3) is 0 Å². The molecule has 1 heterocycles. The number of primary amides is 1. The van der Waals surface area contributed by atoms with E-state index in [9.17, 15) is 18.0 Å². The van der Waals surface area contributed by atoms with Crippen LogP contribution in [0.5, 0.6) is 0 Å². The fourth-order valence-corrected chi connectivity index (χ4v) is 1.27. The summed E-state index contributed by atoms with van der Waals surface area (Å²) in [6, 6.07) is 1.93. The van der Waals surface area contributed by atoms with E-state index in [4.69, 9.17) is 5.73 Å². The molecule has 0 aliphatic rings. The van der Waals surface area contributed by atoms with E-state index < -0.39 is 17.8 Å². The Morgan fingerprint density at radius 3 is 2.43 bits per heavy atom. The van der Waals surface area contributed by atoms with Crippen molar-refractivity contribution < 1.29 is 18.0 Å². The average Bonchev–Trinajstić information content (AvgIpc) is 2.45. The first-order chi connectivity index (χ1) is 6.38. The van der Waals surface area contributed by atoms with Gasteiger partial charge in [-0.15, -0.1) is 0 Å². The van der Waals surface area contributed by atoms with Gasteiger partial charge in [0, 0.05) is 6.54 Å². The molecule has 0 aliphatic carbocycles. The first kappa shape index (κ1) is 10.6. The highest BCUT2D eigenvalue weighted by Crippen LogP contribution is 2.30. The van der Waals surface area contributed by atoms with Crippen LogP contribution >= 0.6 is 0 Å². The highest BCUT2D eigenvalue weighted by molar-refractivity contribution is 5.91. The van der Waals surface area contributed by atoms with Crippen LogP contribution in [0.3, 0.4) is 0 Å². The van der Waals surface area contributed by atoms with Crippen LogP contribution in [-0.2, 0) is 12.7 Å². The van der Waals surface area contributed by atoms with E-state index in [1.165, 1.54) is 6.92 Å². The molecule has 0 aromatic carbocycles. The number of carbonyl (C=O) groups excluding carboxylic acids is 1. The van der Waals surface area contributed by atoms with Gasteiger partial charge in [-0.1, -0.05) is 0 Å². The molecule has 3 nitrogen and oxygen atoms in total. The molecule has 0 atom stereocenters. The number of rotatable bonds is 2. The van der Waals surface area contributed by atoms with Crippen LogP contribution in [0, 0.1) is 0 Å². The number of halogens is 3. The topological polar surface area (TPSA) is 48.0 Å². The maximum Gasteiger partial charge on any atom is 0.431 e. The van der Waals surface area contributed by atoms with Gasteiger partial charge in [0.2, 0.25) is 0 Å². The van der Waals surface area contributed by atoms with Crippen molar-refractivity contribution in [1.82, 2.24) is 4.57 Å². The molecule has 1 aromatic rings. The molecule has 0 saturated heterocycles. The Kier molecular flexibility index (Phi) is 2.55. The van der Waals surface area contributed by atoms with Crippen LogP contribution in [0.1, 0.15) is 23.1 Å². The van der Waals surface area contributed by atoms with Gasteiger partial charge in [0.1, 0.15) is 11.4 Å². The third kappa shape index (κ3) is 1.73. The van der Waals surface area contributed by atoms with Crippen LogP contribution in [0.4, 0.5) is 13.2 Å². The maximum atomic E-state index is 12.3. The zero-order chi connectivity index (χ0) is 10.9. The van der Waals surface area contributed by atoms with Crippen molar-refractivity contribution in [3.8, 4) is 0 Å². The number of carbonyl (C=O) groups is 1. The van der Waals surface area contributed by atoms with E-state index in [2.05, 4.69) is 0 Å². The standard InChI is InChI=1S/C8H9F3N2O/c1-2-13-5(7(12)14)3-4-6(13)8(9,10)11/h3-4H,2H2,1H3,(H2,12,14). The van der Waals surface area contributed by atoms with Crippen LogP contribution < -0.4 is 5.73 Å². The van der Waals surface area contributed by atoms with E-state index in [0.29, 0.717) is 0 Å². The minimum Gasteiger partial charge on any atom is -0.364 e. The number of amides is 1.